The maximum absolute atomic E-state index is 12.6. The molecule has 35 heavy (non-hydrogen) atoms. The molecular formula is C25H23Cl3N4O3. The monoisotopic (exact) mass is 532 g/mol. The number of aromatic nitrogens is 3. The van der Waals surface area contributed by atoms with Crippen LogP contribution in [0.15, 0.2) is 41.7 Å². The second kappa shape index (κ2) is 9.72. The number of hydrogen-bond donors (Lipinski definition) is 0. The van der Waals surface area contributed by atoms with Crippen molar-refractivity contribution < 1.29 is 14.3 Å². The van der Waals surface area contributed by atoms with Crippen molar-refractivity contribution in [1.82, 2.24) is 14.5 Å². The third kappa shape index (κ3) is 4.85. The van der Waals surface area contributed by atoms with Crippen molar-refractivity contribution in [3.05, 3.63) is 74.5 Å². The van der Waals surface area contributed by atoms with Gasteiger partial charge in [-0.1, -0.05) is 40.9 Å². The Morgan fingerprint density at radius 3 is 2.54 bits per heavy atom. The lowest BCUT2D eigenvalue weighted by Crippen LogP contribution is -2.35. The number of halogens is 3. The lowest BCUT2D eigenvalue weighted by Gasteiger charge is -2.22. The second-order valence-electron chi connectivity index (χ2n) is 8.76. The molecule has 2 aromatic heterocycles. The van der Waals surface area contributed by atoms with Gasteiger partial charge in [0.25, 0.3) is 0 Å². The van der Waals surface area contributed by atoms with Crippen LogP contribution >= 0.6 is 34.8 Å². The van der Waals surface area contributed by atoms with Crippen LogP contribution in [0.25, 0.3) is 5.69 Å². The molecule has 4 rings (SSSR count). The molecule has 182 valence electrons. The van der Waals surface area contributed by atoms with Crippen molar-refractivity contribution in [1.29, 1.82) is 0 Å². The Balaban J connectivity index is 1.83. The van der Waals surface area contributed by atoms with Crippen molar-refractivity contribution in [2.75, 3.05) is 0 Å². The highest BCUT2D eigenvalue weighted by Gasteiger charge is 2.32. The molecule has 0 bridgehead atoms. The number of carbonyl (C=O) groups excluding carboxylic acids is 2. The number of benzene rings is 1. The minimum absolute atomic E-state index is 0.0257. The van der Waals surface area contributed by atoms with Gasteiger partial charge in [0.2, 0.25) is 0 Å². The number of esters is 1. The molecule has 1 aliphatic rings. The number of aryl methyl sites for hydroxylation is 1. The number of imidazole rings is 1. The van der Waals surface area contributed by atoms with E-state index < -0.39 is 17.6 Å². The zero-order chi connectivity index (χ0) is 25.5. The third-order valence-electron chi connectivity index (χ3n) is 5.91. The maximum Gasteiger partial charge on any atom is 0.306 e. The van der Waals surface area contributed by atoms with Gasteiger partial charge in [-0.2, -0.15) is 0 Å². The number of hydrogen-bond acceptors (Lipinski definition) is 6. The Kier molecular flexibility index (Phi) is 7.04. The quantitative estimate of drug-likeness (QED) is 0.281. The summed E-state index contributed by atoms with van der Waals surface area (Å²) in [6.45, 7) is 6.42. The highest BCUT2D eigenvalue weighted by molar-refractivity contribution is 6.49. The van der Waals surface area contributed by atoms with Gasteiger partial charge < -0.3 is 4.74 Å². The summed E-state index contributed by atoms with van der Waals surface area (Å²) >= 11 is 19.6. The predicted molar refractivity (Wildman–Crippen MR) is 136 cm³/mol. The van der Waals surface area contributed by atoms with E-state index in [4.69, 9.17) is 44.5 Å². The number of ketones is 1. The van der Waals surface area contributed by atoms with Crippen LogP contribution in [0.4, 0.5) is 0 Å². The maximum atomic E-state index is 12.6. The molecule has 1 aliphatic heterocycles. The summed E-state index contributed by atoms with van der Waals surface area (Å²) in [5, 5.41) is 0.773. The van der Waals surface area contributed by atoms with Gasteiger partial charge >= 0.3 is 5.97 Å². The average Bonchev–Trinajstić information content (AvgIpc) is 3.11. The first-order valence-corrected chi connectivity index (χ1v) is 12.1. The number of nitrogens with zero attached hydrogens (tertiary/aromatic N) is 4. The van der Waals surface area contributed by atoms with Gasteiger partial charge in [0, 0.05) is 30.1 Å². The molecule has 0 unspecified atom stereocenters. The van der Waals surface area contributed by atoms with Crippen LogP contribution in [0.5, 0.6) is 0 Å². The van der Waals surface area contributed by atoms with Gasteiger partial charge in [-0.25, -0.2) is 4.98 Å². The Morgan fingerprint density at radius 1 is 1.14 bits per heavy atom. The van der Waals surface area contributed by atoms with E-state index in [9.17, 15) is 9.59 Å². The molecule has 0 radical (unpaired) electrons. The third-order valence-corrected chi connectivity index (χ3v) is 7.16. The van der Waals surface area contributed by atoms with Crippen LogP contribution in [0.2, 0.25) is 15.1 Å². The molecule has 3 aromatic rings. The molecule has 0 N–H and O–H groups in total. The Bertz CT molecular complexity index is 1350. The van der Waals surface area contributed by atoms with Crippen LogP contribution < -0.4 is 0 Å². The molecule has 7 nitrogen and oxygen atoms in total. The first-order chi connectivity index (χ1) is 16.5. The van der Waals surface area contributed by atoms with Crippen molar-refractivity contribution in [3.63, 3.8) is 0 Å². The first kappa shape index (κ1) is 25.4. The average molecular weight is 534 g/mol. The Hall–Kier alpha value is -2.74. The lowest BCUT2D eigenvalue weighted by molar-refractivity contribution is -0.163. The molecule has 0 amide bonds. The summed E-state index contributed by atoms with van der Waals surface area (Å²) in [7, 11) is 0. The second-order valence-corrected chi connectivity index (χ2v) is 9.93. The zero-order valence-electron chi connectivity index (χ0n) is 19.6. The first-order valence-electron chi connectivity index (χ1n) is 11.0. The standard InChI is InChI=1S/C25H23Cl3N4O3/c1-13-12-30-24-18(8-9-19(34)35-25(3,4)14(2)33)31-22(17-7-5-6-10-29-17)15-11-16(26)20(27)21(28)23(15)32(13)24/h5-7,10-12,18H,8-9H2,1-4H3/t18-/m0/s1. The summed E-state index contributed by atoms with van der Waals surface area (Å²) in [6, 6.07) is 6.68. The lowest BCUT2D eigenvalue weighted by atomic mass is 10.0. The van der Waals surface area contributed by atoms with Gasteiger partial charge in [0.05, 0.1) is 32.2 Å². The highest BCUT2D eigenvalue weighted by atomic mass is 35.5. The predicted octanol–water partition coefficient (Wildman–Crippen LogP) is 6.12. The van der Waals surface area contributed by atoms with E-state index in [1.165, 1.54) is 6.92 Å². The van der Waals surface area contributed by atoms with Crippen LogP contribution in [0.1, 0.15) is 62.4 Å². The molecule has 0 saturated carbocycles. The van der Waals surface area contributed by atoms with Crippen molar-refractivity contribution >= 4 is 52.3 Å². The number of ether oxygens (including phenoxy) is 1. The summed E-state index contributed by atoms with van der Waals surface area (Å²) in [4.78, 5) is 38.5. The molecule has 10 heteroatoms. The molecule has 1 atom stereocenters. The van der Waals surface area contributed by atoms with Gasteiger partial charge in [0.1, 0.15) is 11.9 Å². The van der Waals surface area contributed by atoms with Crippen molar-refractivity contribution in [2.24, 2.45) is 4.99 Å². The van der Waals surface area contributed by atoms with Crippen LogP contribution in [0, 0.1) is 6.92 Å². The largest absolute Gasteiger partial charge is 0.452 e. The fraction of sp³-hybridized carbons (Fsp3) is 0.320. The normalized spacial score (nSPS) is 15.1. The molecule has 0 fully saturated rings. The van der Waals surface area contributed by atoms with Gasteiger partial charge in [-0.05, 0) is 52.3 Å². The van der Waals surface area contributed by atoms with Gasteiger partial charge in [-0.3, -0.25) is 24.1 Å². The SMILES string of the molecule is CC(=O)C(C)(C)OC(=O)CC[C@@H]1N=C(c2ccccn2)c2cc(Cl)c(Cl)c(Cl)c2-n2c(C)cnc21. The smallest absolute Gasteiger partial charge is 0.306 e. The van der Waals surface area contributed by atoms with Gasteiger partial charge in [-0.15, -0.1) is 0 Å². The van der Waals surface area contributed by atoms with E-state index >= 15 is 0 Å². The topological polar surface area (TPSA) is 86.4 Å². The van der Waals surface area contributed by atoms with Crippen molar-refractivity contribution in [3.8, 4) is 5.69 Å². The summed E-state index contributed by atoms with van der Waals surface area (Å²) in [5.74, 6) is -0.144. The minimum atomic E-state index is -1.20. The van der Waals surface area contributed by atoms with Crippen LogP contribution in [0.3, 0.4) is 0 Å². The zero-order valence-corrected chi connectivity index (χ0v) is 21.9. The molecule has 3 heterocycles. The molecule has 0 saturated heterocycles. The molecular weight excluding hydrogens is 511 g/mol. The van der Waals surface area contributed by atoms with E-state index in [-0.39, 0.29) is 33.7 Å². The Morgan fingerprint density at radius 2 is 1.89 bits per heavy atom. The van der Waals surface area contributed by atoms with E-state index in [1.807, 2.05) is 29.7 Å². The molecule has 0 aliphatic carbocycles. The van der Waals surface area contributed by atoms with E-state index in [0.717, 1.165) is 5.69 Å². The number of carbonyl (C=O) groups is 2. The van der Waals surface area contributed by atoms with E-state index in [2.05, 4.69) is 9.97 Å². The summed E-state index contributed by atoms with van der Waals surface area (Å²) in [6.07, 6.45) is 3.69. The minimum Gasteiger partial charge on any atom is -0.452 e. The number of fused-ring (bicyclic) bond motifs is 3. The van der Waals surface area contributed by atoms with Crippen LogP contribution in [-0.2, 0) is 14.3 Å². The fourth-order valence-electron chi connectivity index (χ4n) is 3.81. The summed E-state index contributed by atoms with van der Waals surface area (Å²) in [5.41, 5.74) is 2.01. The van der Waals surface area contributed by atoms with E-state index in [1.54, 1.807) is 32.3 Å². The van der Waals surface area contributed by atoms with Gasteiger partial charge in [0.15, 0.2) is 11.4 Å². The molecule has 0 spiro atoms. The highest BCUT2D eigenvalue weighted by Crippen LogP contribution is 2.42. The van der Waals surface area contributed by atoms with E-state index in [0.29, 0.717) is 28.5 Å². The number of aliphatic imine (C=N–C) groups is 1. The number of pyridine rings is 1. The fourth-order valence-corrected chi connectivity index (χ4v) is 4.50. The summed E-state index contributed by atoms with van der Waals surface area (Å²) < 4.78 is 7.29. The molecule has 1 aromatic carbocycles. The number of rotatable bonds is 6. The Labute approximate surface area is 218 Å². The van der Waals surface area contributed by atoms with Crippen LogP contribution in [-0.4, -0.2) is 37.6 Å². The number of Topliss-reactive ketones (excluding diaryl/α,β-unsaturated/α-hetero) is 1. The van der Waals surface area contributed by atoms with Crippen molar-refractivity contribution in [2.45, 2.75) is 52.2 Å².